The first-order chi connectivity index (χ1) is 16.0. The second kappa shape index (κ2) is 11.8. The first-order valence-corrected chi connectivity index (χ1v) is 14.0. The number of benzene rings is 1. The average molecular weight is 527 g/mol. The molecule has 10 heteroatoms. The molecule has 1 aromatic carbocycles. The Bertz CT molecular complexity index is 1010. The molecule has 9 nitrogen and oxygen atoms in total. The number of allylic oxidation sites excluding steroid dienone is 2. The van der Waals surface area contributed by atoms with Gasteiger partial charge in [0.05, 0.1) is 12.0 Å². The van der Waals surface area contributed by atoms with Crippen molar-refractivity contribution in [2.45, 2.75) is 96.7 Å². The summed E-state index contributed by atoms with van der Waals surface area (Å²) in [6.07, 6.45) is 8.23. The maximum absolute atomic E-state index is 13.0. The predicted molar refractivity (Wildman–Crippen MR) is 139 cm³/mol. The van der Waals surface area contributed by atoms with Crippen LogP contribution in [0.2, 0.25) is 0 Å². The van der Waals surface area contributed by atoms with Gasteiger partial charge < -0.3 is 31.6 Å². The molecule has 2 atom stereocenters. The average Bonchev–Trinajstić information content (AvgIpc) is 2.68. The molecule has 204 valence electrons. The van der Waals surface area contributed by atoms with E-state index in [9.17, 15) is 9.36 Å². The quantitative estimate of drug-likeness (QED) is 0.102. The molecule has 1 aromatic rings. The first kappa shape index (κ1) is 30.5. The van der Waals surface area contributed by atoms with Crippen molar-refractivity contribution in [1.82, 2.24) is 12.3 Å². The topological polar surface area (TPSA) is 172 Å². The molecule has 8 N–H and O–H groups in total. The number of carbonyl (C=O) groups excluding carboxylic acids is 1. The van der Waals surface area contributed by atoms with Gasteiger partial charge in [0.1, 0.15) is 17.1 Å². The minimum atomic E-state index is -4.56. The summed E-state index contributed by atoms with van der Waals surface area (Å²) < 4.78 is 28.3. The molecule has 36 heavy (non-hydrogen) atoms. The van der Waals surface area contributed by atoms with E-state index in [1.165, 1.54) is 5.57 Å². The lowest BCUT2D eigenvalue weighted by Gasteiger charge is -2.47. The molecular weight excluding hydrogens is 483 g/mol. The highest BCUT2D eigenvalue weighted by molar-refractivity contribution is 7.46. The Kier molecular flexibility index (Phi) is 9.96. The fraction of sp³-hybridized carbons (Fsp3) is 0.654. The summed E-state index contributed by atoms with van der Waals surface area (Å²) in [6.45, 7) is 8.62. The molecular formula is C26H43N2O7P. The van der Waals surface area contributed by atoms with Gasteiger partial charge in [0.2, 0.25) is 0 Å². The molecule has 0 unspecified atom stereocenters. The summed E-state index contributed by atoms with van der Waals surface area (Å²) >= 11 is 0. The van der Waals surface area contributed by atoms with Crippen molar-refractivity contribution < 1.29 is 33.1 Å². The minimum Gasteiger partial charge on any atom is -0.487 e. The minimum absolute atomic E-state index is 0. The van der Waals surface area contributed by atoms with Crippen LogP contribution >= 0.6 is 7.82 Å². The Morgan fingerprint density at radius 1 is 1.19 bits per heavy atom. The summed E-state index contributed by atoms with van der Waals surface area (Å²) in [5, 5.41) is 0. The maximum atomic E-state index is 13.0. The molecule has 0 bridgehead atoms. The molecule has 0 radical (unpaired) electrons. The third-order valence-corrected chi connectivity index (χ3v) is 8.12. The van der Waals surface area contributed by atoms with Crippen LogP contribution in [0.25, 0.3) is 0 Å². The molecule has 1 fully saturated rings. The van der Waals surface area contributed by atoms with Crippen molar-refractivity contribution in [2.75, 3.05) is 0 Å². The second-order valence-electron chi connectivity index (χ2n) is 10.7. The zero-order chi connectivity index (χ0) is 24.7. The second-order valence-corrected chi connectivity index (χ2v) is 11.9. The summed E-state index contributed by atoms with van der Waals surface area (Å²) in [5.74, 6) is 1.09. The molecule has 0 spiro atoms. The predicted octanol–water partition coefficient (Wildman–Crippen LogP) is 6.15. The highest BCUT2D eigenvalue weighted by Crippen LogP contribution is 2.55. The normalized spacial score (nSPS) is 26.0. The zero-order valence-corrected chi connectivity index (χ0v) is 22.9. The van der Waals surface area contributed by atoms with Gasteiger partial charge in [-0.1, -0.05) is 31.4 Å². The highest BCUT2D eigenvalue weighted by atomic mass is 31.2. The number of hydrogen-bond donors (Lipinski definition) is 4. The van der Waals surface area contributed by atoms with E-state index >= 15 is 0 Å². The number of esters is 1. The lowest BCUT2D eigenvalue weighted by Crippen LogP contribution is -2.45. The Labute approximate surface area is 214 Å². The Morgan fingerprint density at radius 2 is 1.89 bits per heavy atom. The van der Waals surface area contributed by atoms with E-state index in [2.05, 4.69) is 39.8 Å². The maximum Gasteiger partial charge on any atom is 0.469 e. The van der Waals surface area contributed by atoms with Crippen LogP contribution in [0, 0.1) is 11.8 Å². The van der Waals surface area contributed by atoms with Crippen molar-refractivity contribution in [3.8, 4) is 11.5 Å². The third kappa shape index (κ3) is 6.77. The number of hydrogen-bond acceptors (Lipinski definition) is 7. The van der Waals surface area contributed by atoms with Crippen molar-refractivity contribution in [1.29, 1.82) is 0 Å². The first-order valence-electron chi connectivity index (χ1n) is 12.4. The van der Waals surface area contributed by atoms with E-state index in [1.54, 1.807) is 0 Å². The lowest BCUT2D eigenvalue weighted by atomic mass is 9.67. The van der Waals surface area contributed by atoms with Crippen molar-refractivity contribution in [3.05, 3.63) is 34.9 Å². The van der Waals surface area contributed by atoms with Gasteiger partial charge in [0.15, 0.2) is 0 Å². The van der Waals surface area contributed by atoms with E-state index in [1.807, 2.05) is 6.07 Å². The molecule has 0 aromatic heterocycles. The number of rotatable bonds is 8. The molecule has 0 amide bonds. The molecule has 4 rings (SSSR count). The summed E-state index contributed by atoms with van der Waals surface area (Å²) in [4.78, 5) is 31.0. The monoisotopic (exact) mass is 526 g/mol. The van der Waals surface area contributed by atoms with Crippen LogP contribution in [0.3, 0.4) is 0 Å². The molecule has 1 aliphatic heterocycles. The van der Waals surface area contributed by atoms with Gasteiger partial charge in [-0.2, -0.15) is 0 Å². The van der Waals surface area contributed by atoms with Gasteiger partial charge in [0, 0.05) is 17.4 Å². The van der Waals surface area contributed by atoms with E-state index < -0.39 is 19.8 Å². The summed E-state index contributed by atoms with van der Waals surface area (Å²) in [7, 11) is -4.56. The number of unbranched alkanes of at least 4 members (excludes halogenated alkanes) is 2. The number of phosphoric acid groups is 1. The number of fused-ring (bicyclic) bond motifs is 3. The van der Waals surface area contributed by atoms with E-state index in [0.29, 0.717) is 5.75 Å². The van der Waals surface area contributed by atoms with Crippen LogP contribution in [-0.4, -0.2) is 27.5 Å². The lowest BCUT2D eigenvalue weighted by molar-refractivity contribution is -0.145. The van der Waals surface area contributed by atoms with Crippen LogP contribution in [-0.2, 0) is 20.3 Å². The Balaban J connectivity index is 0.00000228. The molecule has 0 saturated heterocycles. The summed E-state index contributed by atoms with van der Waals surface area (Å²) in [5.41, 5.74) is 3.10. The molecule has 1 heterocycles. The SMILES string of the molecule is CCCCCc1cc(OC(=O)C2CC(OP(=O)(O)O)C2)c2c(c1)OC(C)(C)[C@@H]1CC=C(C)C[C@@H]21.N.N. The van der Waals surface area contributed by atoms with Gasteiger partial charge in [-0.25, -0.2) is 4.57 Å². The molecule has 2 aliphatic carbocycles. The van der Waals surface area contributed by atoms with Gasteiger partial charge in [-0.3, -0.25) is 9.32 Å². The van der Waals surface area contributed by atoms with Gasteiger partial charge in [-0.05, 0) is 77.0 Å². The third-order valence-electron chi connectivity index (χ3n) is 7.54. The van der Waals surface area contributed by atoms with Crippen LogP contribution in [0.1, 0.15) is 89.7 Å². The highest BCUT2D eigenvalue weighted by Gasteiger charge is 2.47. The van der Waals surface area contributed by atoms with Gasteiger partial charge in [0.25, 0.3) is 0 Å². The number of carbonyl (C=O) groups is 1. The van der Waals surface area contributed by atoms with Crippen molar-refractivity contribution in [3.63, 3.8) is 0 Å². The Hall–Kier alpha value is -1.74. The van der Waals surface area contributed by atoms with Gasteiger partial charge >= 0.3 is 13.8 Å². The van der Waals surface area contributed by atoms with Crippen LogP contribution in [0.5, 0.6) is 11.5 Å². The van der Waals surface area contributed by atoms with E-state index in [-0.39, 0.29) is 48.5 Å². The number of phosphoric ester groups is 1. The van der Waals surface area contributed by atoms with Crippen LogP contribution in [0.4, 0.5) is 0 Å². The Morgan fingerprint density at radius 3 is 2.53 bits per heavy atom. The van der Waals surface area contributed by atoms with Gasteiger partial charge in [-0.15, -0.1) is 0 Å². The van der Waals surface area contributed by atoms with E-state index in [0.717, 1.165) is 55.4 Å². The fourth-order valence-electron chi connectivity index (χ4n) is 5.64. The van der Waals surface area contributed by atoms with E-state index in [4.69, 9.17) is 23.8 Å². The summed E-state index contributed by atoms with van der Waals surface area (Å²) in [6, 6.07) is 4.13. The number of aryl methyl sites for hydroxylation is 1. The fourth-order valence-corrected chi connectivity index (χ4v) is 6.20. The van der Waals surface area contributed by atoms with Crippen molar-refractivity contribution >= 4 is 13.8 Å². The van der Waals surface area contributed by atoms with Crippen molar-refractivity contribution in [2.24, 2.45) is 11.8 Å². The standard InChI is InChI=1S/C26H37O7P.2H3N/c1-5-6-7-8-17-12-22(31-25(27)18-14-19(15-18)33-34(28,29)30)24-20-11-16(2)9-10-21(20)26(3,4)32-23(24)13-17;;/h9,12-13,18-21H,5-8,10-11,14-15H2,1-4H3,(H2,28,29,30);2*1H3/t18?,19?,20-,21-;;/m1../s1. The van der Waals surface area contributed by atoms with Crippen LogP contribution in [0.15, 0.2) is 23.8 Å². The largest absolute Gasteiger partial charge is 0.487 e. The van der Waals surface area contributed by atoms with Crippen LogP contribution < -0.4 is 21.8 Å². The number of ether oxygens (including phenoxy) is 2. The molecule has 1 saturated carbocycles. The zero-order valence-electron chi connectivity index (χ0n) is 22.0. The smallest absolute Gasteiger partial charge is 0.469 e. The molecule has 3 aliphatic rings.